The third kappa shape index (κ3) is 3.27. The third-order valence-corrected chi connectivity index (χ3v) is 3.86. The van der Waals surface area contributed by atoms with Crippen molar-refractivity contribution in [1.82, 2.24) is 4.98 Å². The van der Waals surface area contributed by atoms with Gasteiger partial charge in [-0.1, -0.05) is 6.07 Å². The highest BCUT2D eigenvalue weighted by Crippen LogP contribution is 2.20. The standard InChI is InChI=1S/C14H17N3O2S/c1-17(6-5-11-4-3-7-20-11)13-12(14(18)19-2)8-10(15)9-16-13/h3-4,7-9H,5-6,15H2,1-2H3. The molecule has 0 aliphatic heterocycles. The molecule has 0 amide bonds. The minimum atomic E-state index is -0.428. The van der Waals surface area contributed by atoms with Gasteiger partial charge < -0.3 is 15.4 Å². The number of rotatable bonds is 5. The Balaban J connectivity index is 2.16. The van der Waals surface area contributed by atoms with Crippen LogP contribution in [0.4, 0.5) is 11.5 Å². The molecule has 0 aliphatic rings. The van der Waals surface area contributed by atoms with Gasteiger partial charge >= 0.3 is 5.97 Å². The number of esters is 1. The van der Waals surface area contributed by atoms with Crippen LogP contribution in [0.25, 0.3) is 0 Å². The van der Waals surface area contributed by atoms with Crippen LogP contribution in [0.2, 0.25) is 0 Å². The minimum Gasteiger partial charge on any atom is -0.465 e. The lowest BCUT2D eigenvalue weighted by molar-refractivity contribution is 0.0601. The van der Waals surface area contributed by atoms with Crippen molar-refractivity contribution in [2.75, 3.05) is 31.3 Å². The van der Waals surface area contributed by atoms with E-state index in [2.05, 4.69) is 16.4 Å². The van der Waals surface area contributed by atoms with E-state index >= 15 is 0 Å². The molecular formula is C14H17N3O2S. The fourth-order valence-electron chi connectivity index (χ4n) is 1.88. The first kappa shape index (κ1) is 14.3. The van der Waals surface area contributed by atoms with Crippen LogP contribution >= 0.6 is 11.3 Å². The zero-order valence-corrected chi connectivity index (χ0v) is 12.3. The van der Waals surface area contributed by atoms with Gasteiger partial charge in [-0.3, -0.25) is 0 Å². The molecule has 6 heteroatoms. The fourth-order valence-corrected chi connectivity index (χ4v) is 2.57. The van der Waals surface area contributed by atoms with Crippen molar-refractivity contribution in [2.45, 2.75) is 6.42 Å². The van der Waals surface area contributed by atoms with E-state index < -0.39 is 5.97 Å². The Morgan fingerprint density at radius 1 is 1.55 bits per heavy atom. The lowest BCUT2D eigenvalue weighted by atomic mass is 10.2. The van der Waals surface area contributed by atoms with Gasteiger partial charge in [0.15, 0.2) is 0 Å². The number of nitrogens with zero attached hydrogens (tertiary/aromatic N) is 2. The predicted octanol–water partition coefficient (Wildman–Crippen LogP) is 2.19. The van der Waals surface area contributed by atoms with E-state index in [1.165, 1.54) is 12.0 Å². The molecule has 0 aliphatic carbocycles. The SMILES string of the molecule is COC(=O)c1cc(N)cnc1N(C)CCc1cccs1. The lowest BCUT2D eigenvalue weighted by Gasteiger charge is -2.20. The van der Waals surface area contributed by atoms with E-state index in [1.807, 2.05) is 18.0 Å². The number of anilines is 2. The quantitative estimate of drug-likeness (QED) is 0.855. The van der Waals surface area contributed by atoms with Crippen molar-refractivity contribution in [3.63, 3.8) is 0 Å². The average Bonchev–Trinajstić information content (AvgIpc) is 2.97. The molecule has 2 aromatic heterocycles. The van der Waals surface area contributed by atoms with Crippen LogP contribution in [0.1, 0.15) is 15.2 Å². The summed E-state index contributed by atoms with van der Waals surface area (Å²) in [6.45, 7) is 0.765. The highest BCUT2D eigenvalue weighted by Gasteiger charge is 2.17. The first-order chi connectivity index (χ1) is 9.61. The van der Waals surface area contributed by atoms with Gasteiger partial charge in [0.2, 0.25) is 0 Å². The van der Waals surface area contributed by atoms with E-state index in [4.69, 9.17) is 10.5 Å². The summed E-state index contributed by atoms with van der Waals surface area (Å²) >= 11 is 1.72. The first-order valence-corrected chi connectivity index (χ1v) is 7.07. The van der Waals surface area contributed by atoms with Crippen molar-refractivity contribution >= 4 is 28.8 Å². The van der Waals surface area contributed by atoms with Crippen molar-refractivity contribution in [1.29, 1.82) is 0 Å². The topological polar surface area (TPSA) is 68.5 Å². The molecule has 0 unspecified atom stereocenters. The zero-order valence-electron chi connectivity index (χ0n) is 11.5. The number of carbonyl (C=O) groups is 1. The summed E-state index contributed by atoms with van der Waals surface area (Å²) in [5, 5.41) is 2.05. The lowest BCUT2D eigenvalue weighted by Crippen LogP contribution is -2.24. The summed E-state index contributed by atoms with van der Waals surface area (Å²) in [5.41, 5.74) is 6.52. The van der Waals surface area contributed by atoms with E-state index in [9.17, 15) is 4.79 Å². The Kier molecular flexibility index (Phi) is 4.57. The van der Waals surface area contributed by atoms with Gasteiger partial charge in [0.1, 0.15) is 11.4 Å². The molecule has 2 aromatic rings. The molecule has 2 N–H and O–H groups in total. The number of thiophene rings is 1. The maximum Gasteiger partial charge on any atom is 0.341 e. The Morgan fingerprint density at radius 2 is 2.35 bits per heavy atom. The number of pyridine rings is 1. The van der Waals surface area contributed by atoms with Gasteiger partial charge in [0.05, 0.1) is 19.0 Å². The van der Waals surface area contributed by atoms with E-state index in [-0.39, 0.29) is 0 Å². The predicted molar refractivity (Wildman–Crippen MR) is 81.3 cm³/mol. The Labute approximate surface area is 122 Å². The van der Waals surface area contributed by atoms with Gasteiger partial charge in [-0.25, -0.2) is 9.78 Å². The molecule has 2 rings (SSSR count). The monoisotopic (exact) mass is 291 g/mol. The van der Waals surface area contributed by atoms with Gasteiger partial charge in [-0.15, -0.1) is 11.3 Å². The summed E-state index contributed by atoms with van der Waals surface area (Å²) in [5.74, 6) is 0.158. The number of hydrogen-bond donors (Lipinski definition) is 1. The molecule has 106 valence electrons. The molecule has 5 nitrogen and oxygen atoms in total. The van der Waals surface area contributed by atoms with E-state index in [1.54, 1.807) is 23.6 Å². The zero-order chi connectivity index (χ0) is 14.5. The number of aromatic nitrogens is 1. The van der Waals surface area contributed by atoms with Crippen LogP contribution in [-0.2, 0) is 11.2 Å². The molecule has 0 radical (unpaired) electrons. The smallest absolute Gasteiger partial charge is 0.341 e. The Hall–Kier alpha value is -2.08. The second-order valence-corrected chi connectivity index (χ2v) is 5.41. The van der Waals surface area contributed by atoms with Crippen LogP contribution in [0.3, 0.4) is 0 Å². The Bertz CT molecular complexity index is 584. The normalized spacial score (nSPS) is 10.3. The third-order valence-electron chi connectivity index (χ3n) is 2.93. The van der Waals surface area contributed by atoms with Crippen molar-refractivity contribution in [2.24, 2.45) is 0 Å². The molecule has 0 saturated heterocycles. The molecule has 2 heterocycles. The first-order valence-electron chi connectivity index (χ1n) is 6.19. The van der Waals surface area contributed by atoms with E-state index in [0.29, 0.717) is 17.1 Å². The maximum absolute atomic E-state index is 11.8. The molecule has 0 saturated carbocycles. The average molecular weight is 291 g/mol. The van der Waals surface area contributed by atoms with Gasteiger partial charge in [-0.05, 0) is 23.9 Å². The van der Waals surface area contributed by atoms with Crippen molar-refractivity contribution in [3.8, 4) is 0 Å². The maximum atomic E-state index is 11.8. The van der Waals surface area contributed by atoms with Gasteiger partial charge in [-0.2, -0.15) is 0 Å². The number of ether oxygens (including phenoxy) is 1. The summed E-state index contributed by atoms with van der Waals surface area (Å²) in [4.78, 5) is 19.3. The molecule has 0 spiro atoms. The second-order valence-electron chi connectivity index (χ2n) is 4.38. The van der Waals surface area contributed by atoms with Crippen LogP contribution in [0, 0.1) is 0 Å². The van der Waals surface area contributed by atoms with Crippen molar-refractivity contribution < 1.29 is 9.53 Å². The second kappa shape index (κ2) is 6.38. The molecule has 20 heavy (non-hydrogen) atoms. The molecular weight excluding hydrogens is 274 g/mol. The Morgan fingerprint density at radius 3 is 3.00 bits per heavy atom. The highest BCUT2D eigenvalue weighted by atomic mass is 32.1. The summed E-state index contributed by atoms with van der Waals surface area (Å²) in [6, 6.07) is 5.72. The number of likely N-dealkylation sites (N-methyl/N-ethyl adjacent to an activating group) is 1. The summed E-state index contributed by atoms with van der Waals surface area (Å²) in [7, 11) is 3.25. The summed E-state index contributed by atoms with van der Waals surface area (Å²) < 4.78 is 4.77. The number of carbonyl (C=O) groups excluding carboxylic acids is 1. The minimum absolute atomic E-state index is 0.390. The molecule has 0 atom stereocenters. The largest absolute Gasteiger partial charge is 0.465 e. The van der Waals surface area contributed by atoms with Crippen LogP contribution < -0.4 is 10.6 Å². The molecule has 0 aromatic carbocycles. The van der Waals surface area contributed by atoms with Gasteiger partial charge in [0, 0.05) is 18.5 Å². The number of nitrogen functional groups attached to an aromatic ring is 1. The van der Waals surface area contributed by atoms with E-state index in [0.717, 1.165) is 13.0 Å². The summed E-state index contributed by atoms with van der Waals surface area (Å²) in [6.07, 6.45) is 2.45. The number of hydrogen-bond acceptors (Lipinski definition) is 6. The molecule has 0 bridgehead atoms. The van der Waals surface area contributed by atoms with Crippen LogP contribution in [-0.4, -0.2) is 31.7 Å². The van der Waals surface area contributed by atoms with Gasteiger partial charge in [0.25, 0.3) is 0 Å². The van der Waals surface area contributed by atoms with Crippen molar-refractivity contribution in [3.05, 3.63) is 40.2 Å². The number of methoxy groups -OCH3 is 1. The van der Waals surface area contributed by atoms with Crippen LogP contribution in [0.15, 0.2) is 29.8 Å². The fraction of sp³-hybridized carbons (Fsp3) is 0.286. The molecule has 0 fully saturated rings. The highest BCUT2D eigenvalue weighted by molar-refractivity contribution is 7.09. The van der Waals surface area contributed by atoms with Crippen LogP contribution in [0.5, 0.6) is 0 Å². The number of nitrogens with two attached hydrogens (primary N) is 1.